The second kappa shape index (κ2) is 5.48. The predicted octanol–water partition coefficient (Wildman–Crippen LogP) is 3.61. The highest BCUT2D eigenvalue weighted by molar-refractivity contribution is 9.10. The summed E-state index contributed by atoms with van der Waals surface area (Å²) in [7, 11) is -3.70. The lowest BCUT2D eigenvalue weighted by Gasteiger charge is -2.12. The number of nitrogens with zero attached hydrogens (tertiary/aromatic N) is 1. The molecule has 0 bridgehead atoms. The Kier molecular flexibility index (Phi) is 4.13. The van der Waals surface area contributed by atoms with Gasteiger partial charge in [-0.25, -0.2) is 8.42 Å². The van der Waals surface area contributed by atoms with E-state index in [4.69, 9.17) is 11.6 Å². The van der Waals surface area contributed by atoms with Crippen molar-refractivity contribution in [2.75, 3.05) is 4.72 Å². The molecule has 0 aliphatic heterocycles. The van der Waals surface area contributed by atoms with E-state index in [1.54, 1.807) is 18.2 Å². The van der Waals surface area contributed by atoms with Crippen molar-refractivity contribution in [1.29, 1.82) is 0 Å². The van der Waals surface area contributed by atoms with Crippen LogP contribution in [0.1, 0.15) is 5.56 Å². The van der Waals surface area contributed by atoms with Gasteiger partial charge in [0.25, 0.3) is 10.0 Å². The van der Waals surface area contributed by atoms with Crippen LogP contribution in [0.25, 0.3) is 0 Å². The molecule has 0 spiro atoms. The number of aromatic nitrogens is 1. The van der Waals surface area contributed by atoms with Crippen LogP contribution in [-0.4, -0.2) is 13.4 Å². The number of benzene rings is 1. The zero-order valence-electron chi connectivity index (χ0n) is 9.89. The zero-order chi connectivity index (χ0) is 14.0. The minimum Gasteiger partial charge on any atom is -0.277 e. The van der Waals surface area contributed by atoms with Gasteiger partial charge in [0, 0.05) is 16.9 Å². The fourth-order valence-corrected chi connectivity index (χ4v) is 3.86. The number of nitrogens with one attached hydrogen (secondary N) is 1. The molecule has 19 heavy (non-hydrogen) atoms. The Morgan fingerprint density at radius 1 is 1.37 bits per heavy atom. The number of sulfonamides is 1. The van der Waals surface area contributed by atoms with E-state index >= 15 is 0 Å². The summed E-state index contributed by atoms with van der Waals surface area (Å²) in [5.41, 5.74) is 1.25. The van der Waals surface area contributed by atoms with Crippen LogP contribution in [-0.2, 0) is 10.0 Å². The van der Waals surface area contributed by atoms with E-state index in [-0.39, 0.29) is 4.90 Å². The molecule has 100 valence electrons. The number of hydrogen-bond acceptors (Lipinski definition) is 3. The van der Waals surface area contributed by atoms with Crippen LogP contribution < -0.4 is 4.72 Å². The molecule has 2 rings (SSSR count). The molecule has 4 nitrogen and oxygen atoms in total. The molecule has 1 aromatic heterocycles. The Balaban J connectivity index is 2.42. The maximum atomic E-state index is 12.2. The molecule has 0 atom stereocenters. The first-order valence-electron chi connectivity index (χ1n) is 5.28. The molecule has 0 fully saturated rings. The standard InChI is InChI=1S/C12H10BrClN2O2S/c1-8-5-10(13)12(11(14)6-8)16-19(17,18)9-3-2-4-15-7-9/h2-7,16H,1H3. The SMILES string of the molecule is Cc1cc(Cl)c(NS(=O)(=O)c2cccnc2)c(Br)c1. The number of hydrogen-bond donors (Lipinski definition) is 1. The van der Waals surface area contributed by atoms with Gasteiger partial charge in [-0.2, -0.15) is 0 Å². The highest BCUT2D eigenvalue weighted by Gasteiger charge is 2.17. The van der Waals surface area contributed by atoms with Crippen molar-refractivity contribution in [2.45, 2.75) is 11.8 Å². The fraction of sp³-hybridized carbons (Fsp3) is 0.0833. The van der Waals surface area contributed by atoms with Crippen LogP contribution in [0.5, 0.6) is 0 Å². The molecule has 1 N–H and O–H groups in total. The maximum absolute atomic E-state index is 12.2. The summed E-state index contributed by atoms with van der Waals surface area (Å²) < 4.78 is 27.4. The van der Waals surface area contributed by atoms with Gasteiger partial charge >= 0.3 is 0 Å². The summed E-state index contributed by atoms with van der Waals surface area (Å²) in [6, 6.07) is 6.49. The van der Waals surface area contributed by atoms with E-state index in [9.17, 15) is 8.42 Å². The minimum atomic E-state index is -3.70. The fourth-order valence-electron chi connectivity index (χ4n) is 1.50. The third-order valence-corrected chi connectivity index (χ3v) is 4.63. The quantitative estimate of drug-likeness (QED) is 0.908. The van der Waals surface area contributed by atoms with Crippen molar-refractivity contribution < 1.29 is 8.42 Å². The molecule has 0 saturated carbocycles. The summed E-state index contributed by atoms with van der Waals surface area (Å²) >= 11 is 9.35. The van der Waals surface area contributed by atoms with E-state index in [1.165, 1.54) is 18.5 Å². The van der Waals surface area contributed by atoms with Gasteiger partial charge in [0.1, 0.15) is 4.90 Å². The normalized spacial score (nSPS) is 11.3. The van der Waals surface area contributed by atoms with Gasteiger partial charge < -0.3 is 0 Å². The summed E-state index contributed by atoms with van der Waals surface area (Å²) in [6.07, 6.45) is 2.78. The molecule has 0 unspecified atom stereocenters. The van der Waals surface area contributed by atoms with Crippen LogP contribution in [0, 0.1) is 6.92 Å². The second-order valence-electron chi connectivity index (χ2n) is 3.90. The smallest absolute Gasteiger partial charge is 0.263 e. The molecule has 0 aliphatic rings. The number of anilines is 1. The van der Waals surface area contributed by atoms with Gasteiger partial charge in [-0.15, -0.1) is 0 Å². The van der Waals surface area contributed by atoms with E-state index in [2.05, 4.69) is 25.6 Å². The summed E-state index contributed by atoms with van der Waals surface area (Å²) in [5.74, 6) is 0. The van der Waals surface area contributed by atoms with E-state index in [0.29, 0.717) is 15.2 Å². The molecular formula is C12H10BrClN2O2S. The maximum Gasteiger partial charge on any atom is 0.263 e. The topological polar surface area (TPSA) is 59.1 Å². The third-order valence-electron chi connectivity index (χ3n) is 2.37. The van der Waals surface area contributed by atoms with Gasteiger partial charge in [-0.3, -0.25) is 9.71 Å². The van der Waals surface area contributed by atoms with E-state index < -0.39 is 10.0 Å². The van der Waals surface area contributed by atoms with Gasteiger partial charge in [0.2, 0.25) is 0 Å². The van der Waals surface area contributed by atoms with Crippen molar-refractivity contribution in [3.8, 4) is 0 Å². The van der Waals surface area contributed by atoms with Gasteiger partial charge in [0.15, 0.2) is 0 Å². The Labute approximate surface area is 125 Å². The van der Waals surface area contributed by atoms with Crippen molar-refractivity contribution in [3.63, 3.8) is 0 Å². The number of rotatable bonds is 3. The molecule has 0 amide bonds. The molecule has 0 saturated heterocycles. The lowest BCUT2D eigenvalue weighted by atomic mass is 10.2. The van der Waals surface area contributed by atoms with Crippen molar-refractivity contribution in [2.24, 2.45) is 0 Å². The third kappa shape index (κ3) is 3.26. The van der Waals surface area contributed by atoms with Gasteiger partial charge in [0.05, 0.1) is 10.7 Å². The Bertz CT molecular complexity index is 682. The molecule has 1 aromatic carbocycles. The molecule has 1 heterocycles. The molecule has 2 aromatic rings. The van der Waals surface area contributed by atoms with Crippen LogP contribution in [0.15, 0.2) is 46.0 Å². The molecule has 0 aliphatic carbocycles. The average molecular weight is 362 g/mol. The van der Waals surface area contributed by atoms with Crippen molar-refractivity contribution in [3.05, 3.63) is 51.7 Å². The Morgan fingerprint density at radius 3 is 2.68 bits per heavy atom. The lowest BCUT2D eigenvalue weighted by Crippen LogP contribution is -2.14. The average Bonchev–Trinajstić information content (AvgIpc) is 2.35. The molecule has 0 radical (unpaired) electrons. The number of aryl methyl sites for hydroxylation is 1. The van der Waals surface area contributed by atoms with Crippen LogP contribution in [0.4, 0.5) is 5.69 Å². The lowest BCUT2D eigenvalue weighted by molar-refractivity contribution is 0.601. The largest absolute Gasteiger partial charge is 0.277 e. The summed E-state index contributed by atoms with van der Waals surface area (Å²) in [5, 5.41) is 0.333. The number of pyridine rings is 1. The van der Waals surface area contributed by atoms with E-state index in [0.717, 1.165) is 5.56 Å². The van der Waals surface area contributed by atoms with Crippen LogP contribution in [0.2, 0.25) is 5.02 Å². The molecular weight excluding hydrogens is 352 g/mol. The van der Waals surface area contributed by atoms with Crippen LogP contribution in [0.3, 0.4) is 0 Å². The van der Waals surface area contributed by atoms with Crippen LogP contribution >= 0.6 is 27.5 Å². The first-order valence-corrected chi connectivity index (χ1v) is 7.94. The van der Waals surface area contributed by atoms with Crippen molar-refractivity contribution in [1.82, 2.24) is 4.98 Å². The monoisotopic (exact) mass is 360 g/mol. The summed E-state index contributed by atoms with van der Waals surface area (Å²) in [4.78, 5) is 3.87. The van der Waals surface area contributed by atoms with E-state index in [1.807, 2.05) is 6.92 Å². The Hall–Kier alpha value is -1.11. The van der Waals surface area contributed by atoms with Gasteiger partial charge in [-0.05, 0) is 52.7 Å². The first-order chi connectivity index (χ1) is 8.90. The number of halogens is 2. The first kappa shape index (κ1) is 14.3. The second-order valence-corrected chi connectivity index (χ2v) is 6.84. The highest BCUT2D eigenvalue weighted by Crippen LogP contribution is 2.33. The molecule has 7 heteroatoms. The zero-order valence-corrected chi connectivity index (χ0v) is 13.1. The Morgan fingerprint density at radius 2 is 2.11 bits per heavy atom. The predicted molar refractivity (Wildman–Crippen MR) is 78.9 cm³/mol. The highest BCUT2D eigenvalue weighted by atomic mass is 79.9. The van der Waals surface area contributed by atoms with Crippen molar-refractivity contribution >= 4 is 43.2 Å². The summed E-state index contributed by atoms with van der Waals surface area (Å²) in [6.45, 7) is 1.87. The van der Waals surface area contributed by atoms with Gasteiger partial charge in [-0.1, -0.05) is 11.6 Å². The minimum absolute atomic E-state index is 0.0820.